The number of hydrogen-bond donors (Lipinski definition) is 2. The minimum absolute atomic E-state index is 0.337. The van der Waals surface area contributed by atoms with Gasteiger partial charge in [-0.3, -0.25) is 5.10 Å². The number of nitrogens with one attached hydrogen (secondary N) is 1. The molecule has 3 N–H and O–H groups in total. The van der Waals surface area contributed by atoms with Crippen molar-refractivity contribution in [2.75, 3.05) is 0 Å². The molecule has 0 unspecified atom stereocenters. The highest BCUT2D eigenvalue weighted by Crippen LogP contribution is 2.06. The van der Waals surface area contributed by atoms with Crippen molar-refractivity contribution >= 4 is 10.0 Å². The van der Waals surface area contributed by atoms with Crippen LogP contribution >= 0.6 is 0 Å². The minimum atomic E-state index is -3.77. The van der Waals surface area contributed by atoms with Crippen LogP contribution in [-0.4, -0.2) is 23.6 Å². The van der Waals surface area contributed by atoms with E-state index in [4.69, 9.17) is 5.14 Å². The van der Waals surface area contributed by atoms with Crippen molar-refractivity contribution in [1.82, 2.24) is 15.2 Å². The van der Waals surface area contributed by atoms with Crippen LogP contribution in [0.4, 0.5) is 0 Å². The van der Waals surface area contributed by atoms with Gasteiger partial charge in [0.15, 0.2) is 0 Å². The quantitative estimate of drug-likeness (QED) is 0.744. The molecule has 0 amide bonds. The molecule has 6 nitrogen and oxygen atoms in total. The average molecular weight is 218 g/mol. The van der Waals surface area contributed by atoms with Crippen LogP contribution in [-0.2, 0) is 16.4 Å². The third kappa shape index (κ3) is 3.08. The standard InChI is InChI=1S/C7H14N4O2S/c1-5(2)3-4-6-9-7(11-10-6)14(8,12)13/h5H,3-4H2,1-2H3,(H2,8,12,13)(H,9,10,11). The molecule has 0 atom stereocenters. The van der Waals surface area contributed by atoms with Crippen LogP contribution in [0.15, 0.2) is 5.16 Å². The molecule has 7 heteroatoms. The molecule has 0 fully saturated rings. The van der Waals surface area contributed by atoms with Gasteiger partial charge in [-0.15, -0.1) is 5.10 Å². The summed E-state index contributed by atoms with van der Waals surface area (Å²) in [6.45, 7) is 4.16. The van der Waals surface area contributed by atoms with Crippen molar-refractivity contribution in [2.24, 2.45) is 11.1 Å². The molecule has 0 aliphatic carbocycles. The molecule has 0 spiro atoms. The van der Waals surface area contributed by atoms with Crippen molar-refractivity contribution < 1.29 is 8.42 Å². The van der Waals surface area contributed by atoms with Crippen molar-refractivity contribution in [1.29, 1.82) is 0 Å². The van der Waals surface area contributed by atoms with Crippen molar-refractivity contribution in [3.63, 3.8) is 0 Å². The summed E-state index contributed by atoms with van der Waals surface area (Å²) in [6, 6.07) is 0. The van der Waals surface area contributed by atoms with E-state index in [1.54, 1.807) is 0 Å². The molecule has 0 saturated heterocycles. The average Bonchev–Trinajstić information content (AvgIpc) is 2.47. The fraction of sp³-hybridized carbons (Fsp3) is 0.714. The van der Waals surface area contributed by atoms with Crippen LogP contribution in [0.25, 0.3) is 0 Å². The Bertz CT molecular complexity index is 396. The number of nitrogens with zero attached hydrogens (tertiary/aromatic N) is 2. The first kappa shape index (κ1) is 11.1. The lowest BCUT2D eigenvalue weighted by atomic mass is 10.1. The number of nitrogens with two attached hydrogens (primary N) is 1. The Hall–Kier alpha value is -0.950. The zero-order valence-electron chi connectivity index (χ0n) is 8.19. The second-order valence-electron chi connectivity index (χ2n) is 3.54. The van der Waals surface area contributed by atoms with Crippen molar-refractivity contribution in [3.8, 4) is 0 Å². The van der Waals surface area contributed by atoms with Gasteiger partial charge in [0.05, 0.1) is 0 Å². The number of aryl methyl sites for hydroxylation is 1. The lowest BCUT2D eigenvalue weighted by Crippen LogP contribution is -2.14. The van der Waals surface area contributed by atoms with E-state index in [1.807, 2.05) is 0 Å². The highest BCUT2D eigenvalue weighted by molar-refractivity contribution is 7.89. The topological polar surface area (TPSA) is 102 Å². The van der Waals surface area contributed by atoms with Crippen LogP contribution in [0.5, 0.6) is 0 Å². The Labute approximate surface area is 83.0 Å². The predicted molar refractivity (Wildman–Crippen MR) is 50.9 cm³/mol. The molecule has 0 aromatic carbocycles. The molecule has 0 bridgehead atoms. The van der Waals surface area contributed by atoms with Crippen LogP contribution in [0.2, 0.25) is 0 Å². The molecule has 14 heavy (non-hydrogen) atoms. The van der Waals surface area contributed by atoms with Gasteiger partial charge in [0.25, 0.3) is 15.2 Å². The van der Waals surface area contributed by atoms with Gasteiger partial charge >= 0.3 is 0 Å². The van der Waals surface area contributed by atoms with Crippen molar-refractivity contribution in [3.05, 3.63) is 5.82 Å². The highest BCUT2D eigenvalue weighted by Gasteiger charge is 2.14. The Morgan fingerprint density at radius 2 is 2.14 bits per heavy atom. The Kier molecular flexibility index (Phi) is 3.22. The molecular formula is C7H14N4O2S. The summed E-state index contributed by atoms with van der Waals surface area (Å²) < 4.78 is 21.6. The Morgan fingerprint density at radius 1 is 1.50 bits per heavy atom. The fourth-order valence-corrected chi connectivity index (χ4v) is 1.35. The van der Waals surface area contributed by atoms with E-state index in [0.29, 0.717) is 18.2 Å². The zero-order valence-corrected chi connectivity index (χ0v) is 9.00. The summed E-state index contributed by atoms with van der Waals surface area (Å²) in [4.78, 5) is 3.77. The van der Waals surface area contributed by atoms with E-state index < -0.39 is 10.0 Å². The summed E-state index contributed by atoms with van der Waals surface area (Å²) in [6.07, 6.45) is 1.61. The van der Waals surface area contributed by atoms with E-state index in [9.17, 15) is 8.42 Å². The Balaban J connectivity index is 2.70. The molecule has 0 saturated carbocycles. The molecule has 0 aliphatic rings. The number of sulfonamides is 1. The molecule has 0 aliphatic heterocycles. The normalized spacial score (nSPS) is 12.3. The van der Waals surface area contributed by atoms with E-state index in [-0.39, 0.29) is 5.16 Å². The lowest BCUT2D eigenvalue weighted by Gasteiger charge is -1.99. The number of hydrogen-bond acceptors (Lipinski definition) is 4. The van der Waals surface area contributed by atoms with Crippen LogP contribution in [0, 0.1) is 5.92 Å². The third-order valence-electron chi connectivity index (χ3n) is 1.72. The highest BCUT2D eigenvalue weighted by atomic mass is 32.2. The molecule has 1 heterocycles. The molecule has 1 rings (SSSR count). The molecule has 0 radical (unpaired) electrons. The largest absolute Gasteiger partial charge is 0.282 e. The maximum atomic E-state index is 10.8. The van der Waals surface area contributed by atoms with Gasteiger partial charge in [0.1, 0.15) is 5.82 Å². The summed E-state index contributed by atoms with van der Waals surface area (Å²) >= 11 is 0. The van der Waals surface area contributed by atoms with Gasteiger partial charge in [0.2, 0.25) is 0 Å². The van der Waals surface area contributed by atoms with Crippen LogP contribution in [0.1, 0.15) is 26.1 Å². The van der Waals surface area contributed by atoms with Gasteiger partial charge in [0, 0.05) is 6.42 Å². The monoisotopic (exact) mass is 218 g/mol. The van der Waals surface area contributed by atoms with E-state index in [0.717, 1.165) is 6.42 Å². The van der Waals surface area contributed by atoms with E-state index in [1.165, 1.54) is 0 Å². The van der Waals surface area contributed by atoms with Crippen LogP contribution in [0.3, 0.4) is 0 Å². The van der Waals surface area contributed by atoms with Gasteiger partial charge in [-0.05, 0) is 12.3 Å². The number of primary sulfonamides is 1. The summed E-state index contributed by atoms with van der Waals surface area (Å²) in [7, 11) is -3.77. The van der Waals surface area contributed by atoms with E-state index >= 15 is 0 Å². The van der Waals surface area contributed by atoms with Gasteiger partial charge < -0.3 is 0 Å². The maximum Gasteiger partial charge on any atom is 0.282 e. The number of aromatic nitrogens is 3. The molecule has 1 aromatic rings. The number of aromatic amines is 1. The summed E-state index contributed by atoms with van der Waals surface area (Å²) in [5, 5.41) is 10.6. The van der Waals surface area contributed by atoms with Gasteiger partial charge in [-0.2, -0.15) is 0 Å². The maximum absolute atomic E-state index is 10.8. The third-order valence-corrected chi connectivity index (χ3v) is 2.42. The number of H-pyrrole nitrogens is 1. The first-order valence-electron chi connectivity index (χ1n) is 4.33. The summed E-state index contributed by atoms with van der Waals surface area (Å²) in [5.74, 6) is 1.10. The predicted octanol–water partition coefficient (Wildman–Crippen LogP) is 0.0407. The molecule has 80 valence electrons. The molecule has 1 aromatic heterocycles. The molecular weight excluding hydrogens is 204 g/mol. The second kappa shape index (κ2) is 4.05. The second-order valence-corrected chi connectivity index (χ2v) is 5.00. The smallest absolute Gasteiger partial charge is 0.262 e. The number of rotatable bonds is 4. The van der Waals surface area contributed by atoms with E-state index in [2.05, 4.69) is 29.0 Å². The first-order chi connectivity index (χ1) is 6.39. The fourth-order valence-electron chi connectivity index (χ4n) is 0.942. The SMILES string of the molecule is CC(C)CCc1nc(S(N)(=O)=O)n[nH]1. The lowest BCUT2D eigenvalue weighted by molar-refractivity contribution is 0.574. The Morgan fingerprint density at radius 3 is 2.57 bits per heavy atom. The zero-order chi connectivity index (χ0) is 10.8. The summed E-state index contributed by atoms with van der Waals surface area (Å²) in [5.41, 5.74) is 0. The van der Waals surface area contributed by atoms with Crippen LogP contribution < -0.4 is 5.14 Å². The minimum Gasteiger partial charge on any atom is -0.262 e. The van der Waals surface area contributed by atoms with Gasteiger partial charge in [-0.25, -0.2) is 18.5 Å². The first-order valence-corrected chi connectivity index (χ1v) is 5.88. The van der Waals surface area contributed by atoms with Crippen molar-refractivity contribution in [2.45, 2.75) is 31.8 Å². The van der Waals surface area contributed by atoms with Gasteiger partial charge in [-0.1, -0.05) is 13.8 Å².